The molecule has 2 aromatic carbocycles. The highest BCUT2D eigenvalue weighted by molar-refractivity contribution is 5.97. The first kappa shape index (κ1) is 11.3. The summed E-state index contributed by atoms with van der Waals surface area (Å²) in [6.45, 7) is 2.74. The molecule has 1 aliphatic carbocycles. The largest absolute Gasteiger partial charge is 0.493 e. The van der Waals surface area contributed by atoms with Gasteiger partial charge in [-0.1, -0.05) is 36.4 Å². The van der Waals surface area contributed by atoms with E-state index in [9.17, 15) is 0 Å². The molecular weight excluding hydrogens is 220 g/mol. The number of ether oxygens (including phenoxy) is 1. The van der Waals surface area contributed by atoms with Crippen LogP contribution in [0.4, 0.5) is 0 Å². The van der Waals surface area contributed by atoms with Gasteiger partial charge in [-0.05, 0) is 48.8 Å². The first-order valence-corrected chi connectivity index (χ1v) is 6.74. The molecule has 0 spiro atoms. The van der Waals surface area contributed by atoms with Gasteiger partial charge >= 0.3 is 0 Å². The van der Waals surface area contributed by atoms with Crippen LogP contribution >= 0.6 is 0 Å². The van der Waals surface area contributed by atoms with E-state index in [2.05, 4.69) is 42.5 Å². The average Bonchev–Trinajstić information content (AvgIpc) is 2.93. The van der Waals surface area contributed by atoms with Crippen molar-refractivity contribution in [3.63, 3.8) is 0 Å². The Balaban J connectivity index is 2.19. The van der Waals surface area contributed by atoms with Crippen LogP contribution in [-0.2, 0) is 0 Å². The SMILES string of the molecule is CCOc1ccc(C2=CCCC2)c2ccccc12. The summed E-state index contributed by atoms with van der Waals surface area (Å²) >= 11 is 0. The molecule has 0 N–H and O–H groups in total. The summed E-state index contributed by atoms with van der Waals surface area (Å²) in [5.41, 5.74) is 2.88. The van der Waals surface area contributed by atoms with Gasteiger partial charge in [0.05, 0.1) is 6.61 Å². The average molecular weight is 238 g/mol. The maximum atomic E-state index is 5.72. The van der Waals surface area contributed by atoms with E-state index in [4.69, 9.17) is 4.74 Å². The van der Waals surface area contributed by atoms with E-state index in [1.165, 1.54) is 41.2 Å². The Kier molecular flexibility index (Phi) is 3.06. The second-order valence-corrected chi connectivity index (χ2v) is 4.71. The van der Waals surface area contributed by atoms with Gasteiger partial charge < -0.3 is 4.74 Å². The minimum absolute atomic E-state index is 0.714. The van der Waals surface area contributed by atoms with Crippen LogP contribution in [-0.4, -0.2) is 6.61 Å². The van der Waals surface area contributed by atoms with Crippen LogP contribution in [0.1, 0.15) is 31.7 Å². The molecule has 1 heteroatoms. The molecule has 92 valence electrons. The van der Waals surface area contributed by atoms with E-state index < -0.39 is 0 Å². The molecule has 0 aromatic heterocycles. The highest BCUT2D eigenvalue weighted by atomic mass is 16.5. The molecule has 0 amide bonds. The van der Waals surface area contributed by atoms with Crippen molar-refractivity contribution in [2.45, 2.75) is 26.2 Å². The second-order valence-electron chi connectivity index (χ2n) is 4.71. The molecule has 2 aromatic rings. The molecule has 1 nitrogen and oxygen atoms in total. The quantitative estimate of drug-likeness (QED) is 0.746. The van der Waals surface area contributed by atoms with E-state index >= 15 is 0 Å². The lowest BCUT2D eigenvalue weighted by molar-refractivity contribution is 0.344. The predicted molar refractivity (Wildman–Crippen MR) is 76.9 cm³/mol. The minimum Gasteiger partial charge on any atom is -0.493 e. The van der Waals surface area contributed by atoms with Crippen LogP contribution in [0.2, 0.25) is 0 Å². The zero-order valence-corrected chi connectivity index (χ0v) is 10.8. The van der Waals surface area contributed by atoms with Gasteiger partial charge in [-0.15, -0.1) is 0 Å². The highest BCUT2D eigenvalue weighted by Crippen LogP contribution is 2.36. The molecule has 0 fully saturated rings. The van der Waals surface area contributed by atoms with Gasteiger partial charge in [-0.2, -0.15) is 0 Å². The van der Waals surface area contributed by atoms with Crippen molar-refractivity contribution < 1.29 is 4.74 Å². The number of allylic oxidation sites excluding steroid dienone is 2. The molecule has 0 unspecified atom stereocenters. The summed E-state index contributed by atoms with van der Waals surface area (Å²) in [7, 11) is 0. The van der Waals surface area contributed by atoms with Crippen molar-refractivity contribution in [3.05, 3.63) is 48.0 Å². The summed E-state index contributed by atoms with van der Waals surface area (Å²) in [5.74, 6) is 0.996. The number of hydrogen-bond acceptors (Lipinski definition) is 1. The van der Waals surface area contributed by atoms with Crippen molar-refractivity contribution in [3.8, 4) is 5.75 Å². The van der Waals surface area contributed by atoms with Crippen molar-refractivity contribution in [2.24, 2.45) is 0 Å². The summed E-state index contributed by atoms with van der Waals surface area (Å²) in [6.07, 6.45) is 6.09. The molecule has 0 bridgehead atoms. The van der Waals surface area contributed by atoms with Gasteiger partial charge in [0.25, 0.3) is 0 Å². The molecular formula is C17H18O. The standard InChI is InChI=1S/C17H18O/c1-2-18-17-12-11-14(13-7-3-4-8-13)15-9-5-6-10-16(15)17/h5-7,9-12H,2-4,8H2,1H3. The van der Waals surface area contributed by atoms with E-state index in [0.29, 0.717) is 6.61 Å². The van der Waals surface area contributed by atoms with Gasteiger partial charge in [0.15, 0.2) is 0 Å². The van der Waals surface area contributed by atoms with Gasteiger partial charge in [0.1, 0.15) is 5.75 Å². The second kappa shape index (κ2) is 4.85. The lowest BCUT2D eigenvalue weighted by atomic mass is 9.97. The third-order valence-electron chi connectivity index (χ3n) is 3.57. The van der Waals surface area contributed by atoms with Crippen LogP contribution in [0.5, 0.6) is 5.75 Å². The minimum atomic E-state index is 0.714. The fraction of sp³-hybridized carbons (Fsp3) is 0.294. The van der Waals surface area contributed by atoms with Crippen LogP contribution < -0.4 is 4.74 Å². The fourth-order valence-corrected chi connectivity index (χ4v) is 2.75. The van der Waals surface area contributed by atoms with Gasteiger partial charge in [-0.3, -0.25) is 0 Å². The third-order valence-corrected chi connectivity index (χ3v) is 3.57. The molecule has 0 saturated carbocycles. The Labute approximate surface area is 108 Å². The Bertz CT molecular complexity index is 596. The highest BCUT2D eigenvalue weighted by Gasteiger charge is 2.12. The summed E-state index contributed by atoms with van der Waals surface area (Å²) < 4.78 is 5.72. The summed E-state index contributed by atoms with van der Waals surface area (Å²) in [4.78, 5) is 0. The van der Waals surface area contributed by atoms with Gasteiger partial charge in [-0.25, -0.2) is 0 Å². The third kappa shape index (κ3) is 1.90. The van der Waals surface area contributed by atoms with Gasteiger partial charge in [0, 0.05) is 5.39 Å². The maximum absolute atomic E-state index is 5.72. The lowest BCUT2D eigenvalue weighted by Crippen LogP contribution is -1.94. The summed E-state index contributed by atoms with van der Waals surface area (Å²) in [6, 6.07) is 12.9. The van der Waals surface area contributed by atoms with Crippen LogP contribution in [0, 0.1) is 0 Å². The Morgan fingerprint density at radius 3 is 2.61 bits per heavy atom. The van der Waals surface area contributed by atoms with E-state index in [-0.39, 0.29) is 0 Å². The van der Waals surface area contributed by atoms with Crippen molar-refractivity contribution in [2.75, 3.05) is 6.61 Å². The monoisotopic (exact) mass is 238 g/mol. The molecule has 0 aliphatic heterocycles. The van der Waals surface area contributed by atoms with E-state index in [1.807, 2.05) is 6.92 Å². The molecule has 0 radical (unpaired) electrons. The topological polar surface area (TPSA) is 9.23 Å². The lowest BCUT2D eigenvalue weighted by Gasteiger charge is -2.12. The fourth-order valence-electron chi connectivity index (χ4n) is 2.75. The zero-order valence-electron chi connectivity index (χ0n) is 10.8. The van der Waals surface area contributed by atoms with E-state index in [1.54, 1.807) is 0 Å². The van der Waals surface area contributed by atoms with Crippen LogP contribution in [0.25, 0.3) is 16.3 Å². The first-order chi connectivity index (χ1) is 8.90. The number of hydrogen-bond donors (Lipinski definition) is 0. The Hall–Kier alpha value is -1.76. The molecule has 0 heterocycles. The number of rotatable bonds is 3. The van der Waals surface area contributed by atoms with Crippen LogP contribution in [0.15, 0.2) is 42.5 Å². The Morgan fingerprint density at radius 1 is 1.06 bits per heavy atom. The molecule has 3 rings (SSSR count). The number of benzene rings is 2. The molecule has 0 atom stereocenters. The maximum Gasteiger partial charge on any atom is 0.127 e. The van der Waals surface area contributed by atoms with Gasteiger partial charge in [0.2, 0.25) is 0 Å². The van der Waals surface area contributed by atoms with Crippen molar-refractivity contribution >= 4 is 16.3 Å². The molecule has 1 aliphatic rings. The molecule has 0 saturated heterocycles. The first-order valence-electron chi connectivity index (χ1n) is 6.74. The molecule has 18 heavy (non-hydrogen) atoms. The summed E-state index contributed by atoms with van der Waals surface area (Å²) in [5, 5.41) is 2.54. The van der Waals surface area contributed by atoms with Crippen molar-refractivity contribution in [1.82, 2.24) is 0 Å². The van der Waals surface area contributed by atoms with Crippen LogP contribution in [0.3, 0.4) is 0 Å². The Morgan fingerprint density at radius 2 is 1.89 bits per heavy atom. The zero-order chi connectivity index (χ0) is 12.4. The normalized spacial score (nSPS) is 14.8. The predicted octanol–water partition coefficient (Wildman–Crippen LogP) is 4.81. The number of fused-ring (bicyclic) bond motifs is 1. The van der Waals surface area contributed by atoms with E-state index in [0.717, 1.165) is 5.75 Å². The smallest absolute Gasteiger partial charge is 0.127 e. The van der Waals surface area contributed by atoms with Crippen molar-refractivity contribution in [1.29, 1.82) is 0 Å².